The van der Waals surface area contributed by atoms with Crippen molar-refractivity contribution < 1.29 is 22.7 Å². The van der Waals surface area contributed by atoms with Crippen LogP contribution in [0.25, 0.3) is 16.7 Å². The topological polar surface area (TPSA) is 90.5 Å². The van der Waals surface area contributed by atoms with Crippen LogP contribution in [0.4, 0.5) is 18.9 Å². The van der Waals surface area contributed by atoms with Crippen LogP contribution >= 0.6 is 11.8 Å². The van der Waals surface area contributed by atoms with Gasteiger partial charge in [0, 0.05) is 12.2 Å². The number of nitrogens with zero attached hydrogens (tertiary/aromatic N) is 4. The molecule has 33 heavy (non-hydrogen) atoms. The van der Waals surface area contributed by atoms with Gasteiger partial charge < -0.3 is 10.1 Å². The quantitative estimate of drug-likeness (QED) is 0.404. The molecule has 0 aliphatic carbocycles. The van der Waals surface area contributed by atoms with Gasteiger partial charge in [-0.1, -0.05) is 30.8 Å². The van der Waals surface area contributed by atoms with Gasteiger partial charge in [-0.3, -0.25) is 18.6 Å². The Morgan fingerprint density at radius 3 is 2.55 bits per heavy atom. The number of alkyl halides is 3. The molecule has 2 aromatic carbocycles. The highest BCUT2D eigenvalue weighted by Crippen LogP contribution is 2.25. The van der Waals surface area contributed by atoms with E-state index in [-0.39, 0.29) is 23.0 Å². The number of ether oxygens (including phenoxy) is 1. The molecule has 0 atom stereocenters. The van der Waals surface area contributed by atoms with Crippen molar-refractivity contribution in [3.63, 3.8) is 0 Å². The van der Waals surface area contributed by atoms with Gasteiger partial charge in [-0.15, -0.1) is 23.4 Å². The van der Waals surface area contributed by atoms with Crippen molar-refractivity contribution >= 4 is 40.0 Å². The number of amides is 1. The van der Waals surface area contributed by atoms with E-state index in [9.17, 15) is 22.8 Å². The Labute approximate surface area is 189 Å². The Kier molecular flexibility index (Phi) is 6.27. The van der Waals surface area contributed by atoms with E-state index in [1.165, 1.54) is 12.1 Å². The Balaban J connectivity index is 1.53. The molecule has 8 nitrogen and oxygen atoms in total. The molecular weight excluding hydrogens is 459 g/mol. The number of rotatable bonds is 7. The molecule has 172 valence electrons. The number of anilines is 1. The van der Waals surface area contributed by atoms with Crippen molar-refractivity contribution in [3.8, 4) is 5.75 Å². The molecule has 1 N–H and O–H groups in total. The van der Waals surface area contributed by atoms with Gasteiger partial charge in [-0.2, -0.15) is 0 Å². The molecule has 12 heteroatoms. The average molecular weight is 477 g/mol. The highest BCUT2D eigenvalue weighted by Gasteiger charge is 2.31. The van der Waals surface area contributed by atoms with E-state index >= 15 is 0 Å². The fourth-order valence-corrected chi connectivity index (χ4v) is 4.06. The molecule has 4 aromatic rings. The molecule has 2 aromatic heterocycles. The highest BCUT2D eigenvalue weighted by atomic mass is 32.2. The van der Waals surface area contributed by atoms with E-state index < -0.39 is 6.36 Å². The van der Waals surface area contributed by atoms with Crippen LogP contribution in [0.2, 0.25) is 0 Å². The second-order valence-corrected chi connectivity index (χ2v) is 7.94. The number of aromatic nitrogens is 4. The van der Waals surface area contributed by atoms with Crippen LogP contribution in [0.3, 0.4) is 0 Å². The van der Waals surface area contributed by atoms with Gasteiger partial charge in [0.2, 0.25) is 11.7 Å². The molecule has 0 spiro atoms. The first-order valence-corrected chi connectivity index (χ1v) is 10.9. The van der Waals surface area contributed by atoms with Crippen molar-refractivity contribution in [1.82, 2.24) is 19.2 Å². The fourth-order valence-electron chi connectivity index (χ4n) is 3.32. The van der Waals surface area contributed by atoms with E-state index in [4.69, 9.17) is 0 Å². The van der Waals surface area contributed by atoms with Crippen molar-refractivity contribution in [2.45, 2.75) is 31.4 Å². The lowest BCUT2D eigenvalue weighted by molar-refractivity contribution is -0.274. The van der Waals surface area contributed by atoms with Crippen molar-refractivity contribution in [2.75, 3.05) is 11.1 Å². The number of carbonyl (C=O) groups is 1. The lowest BCUT2D eigenvalue weighted by Gasteiger charge is -2.11. The van der Waals surface area contributed by atoms with Crippen LogP contribution in [0.1, 0.15) is 13.3 Å². The molecule has 1 amide bonds. The zero-order chi connectivity index (χ0) is 23.6. The number of thioether (sulfide) groups is 1. The van der Waals surface area contributed by atoms with Crippen molar-refractivity contribution in [3.05, 3.63) is 58.9 Å². The minimum atomic E-state index is -4.78. The minimum absolute atomic E-state index is 0.0250. The van der Waals surface area contributed by atoms with E-state index in [1.807, 2.05) is 6.92 Å². The zero-order valence-electron chi connectivity index (χ0n) is 17.3. The maximum absolute atomic E-state index is 12.9. The predicted octanol–water partition coefficient (Wildman–Crippen LogP) is 4.08. The van der Waals surface area contributed by atoms with Gasteiger partial charge in [0.15, 0.2) is 5.16 Å². The average Bonchev–Trinajstić information content (AvgIpc) is 3.19. The molecular formula is C21H18F3N5O3S. The third-order valence-corrected chi connectivity index (χ3v) is 5.56. The standard InChI is InChI=1S/C21H18F3N5O3S/c1-2-11-28-18(31)15-5-3-4-6-16(15)29-19(28)26-27-20(29)33-12-17(30)25-13-7-9-14(10-8-13)32-21(22,23)24/h3-10H,2,11-12H2,1H3,(H,25,30). The van der Waals surface area contributed by atoms with Crippen LogP contribution in [0.5, 0.6) is 5.75 Å². The van der Waals surface area contributed by atoms with Gasteiger partial charge in [0.25, 0.3) is 5.56 Å². The number of carbonyl (C=O) groups excluding carboxylic acids is 1. The summed E-state index contributed by atoms with van der Waals surface area (Å²) in [6.07, 6.45) is -4.05. The summed E-state index contributed by atoms with van der Waals surface area (Å²) in [6, 6.07) is 12.0. The molecule has 0 fully saturated rings. The fraction of sp³-hybridized carbons (Fsp3) is 0.238. The normalized spacial score (nSPS) is 11.8. The molecule has 2 heterocycles. The zero-order valence-corrected chi connectivity index (χ0v) is 18.1. The molecule has 0 saturated carbocycles. The third kappa shape index (κ3) is 4.95. The molecule has 0 bridgehead atoms. The second kappa shape index (κ2) is 9.14. The van der Waals surface area contributed by atoms with Gasteiger partial charge >= 0.3 is 6.36 Å². The number of benzene rings is 2. The number of hydrogen-bond acceptors (Lipinski definition) is 6. The first-order valence-electron chi connectivity index (χ1n) is 9.92. The summed E-state index contributed by atoms with van der Waals surface area (Å²) >= 11 is 1.13. The summed E-state index contributed by atoms with van der Waals surface area (Å²) in [5, 5.41) is 11.9. The lowest BCUT2D eigenvalue weighted by atomic mass is 10.2. The minimum Gasteiger partial charge on any atom is -0.406 e. The lowest BCUT2D eigenvalue weighted by Crippen LogP contribution is -2.23. The van der Waals surface area contributed by atoms with Crippen LogP contribution < -0.4 is 15.6 Å². The largest absolute Gasteiger partial charge is 0.573 e. The number of para-hydroxylation sites is 1. The first kappa shape index (κ1) is 22.6. The maximum atomic E-state index is 12.9. The molecule has 0 aliphatic rings. The number of fused-ring (bicyclic) bond motifs is 3. The van der Waals surface area contributed by atoms with E-state index in [1.54, 1.807) is 33.2 Å². The van der Waals surface area contributed by atoms with Crippen LogP contribution in [0.15, 0.2) is 58.5 Å². The monoisotopic (exact) mass is 477 g/mol. The van der Waals surface area contributed by atoms with Crippen LogP contribution in [-0.2, 0) is 11.3 Å². The van der Waals surface area contributed by atoms with E-state index in [2.05, 4.69) is 20.3 Å². The van der Waals surface area contributed by atoms with Crippen molar-refractivity contribution in [2.24, 2.45) is 0 Å². The van der Waals surface area contributed by atoms with Gasteiger partial charge in [0.1, 0.15) is 5.75 Å². The molecule has 0 aliphatic heterocycles. The summed E-state index contributed by atoms with van der Waals surface area (Å²) in [6.45, 7) is 2.43. The van der Waals surface area contributed by atoms with E-state index in [0.717, 1.165) is 30.3 Å². The third-order valence-electron chi connectivity index (χ3n) is 4.63. The van der Waals surface area contributed by atoms with Gasteiger partial charge in [-0.05, 0) is 42.8 Å². The van der Waals surface area contributed by atoms with Crippen molar-refractivity contribution in [1.29, 1.82) is 0 Å². The molecule has 0 radical (unpaired) electrons. The number of hydrogen-bond donors (Lipinski definition) is 1. The van der Waals surface area contributed by atoms with E-state index in [0.29, 0.717) is 34.1 Å². The molecule has 4 rings (SSSR count). The highest BCUT2D eigenvalue weighted by molar-refractivity contribution is 7.99. The molecule has 0 unspecified atom stereocenters. The SMILES string of the molecule is CCCn1c(=O)c2ccccc2n2c(SCC(=O)Nc3ccc(OC(F)(F)F)cc3)nnc12. The Morgan fingerprint density at radius 2 is 1.85 bits per heavy atom. The van der Waals surface area contributed by atoms with Gasteiger partial charge in [0.05, 0.1) is 16.7 Å². The Bertz CT molecular complexity index is 1370. The molecule has 0 saturated heterocycles. The summed E-state index contributed by atoms with van der Waals surface area (Å²) in [7, 11) is 0. The maximum Gasteiger partial charge on any atom is 0.573 e. The smallest absolute Gasteiger partial charge is 0.406 e. The second-order valence-electron chi connectivity index (χ2n) is 7.00. The predicted molar refractivity (Wildman–Crippen MR) is 118 cm³/mol. The number of aryl methyl sites for hydroxylation is 1. The Morgan fingerprint density at radius 1 is 1.12 bits per heavy atom. The summed E-state index contributed by atoms with van der Waals surface area (Å²) in [5.74, 6) is -0.394. The number of nitrogens with one attached hydrogen (secondary N) is 1. The van der Waals surface area contributed by atoms with Gasteiger partial charge in [-0.25, -0.2) is 0 Å². The summed E-state index contributed by atoms with van der Waals surface area (Å²) in [4.78, 5) is 25.2. The Hall–Kier alpha value is -3.54. The number of halogens is 3. The van der Waals surface area contributed by atoms with Crippen LogP contribution in [0, 0.1) is 0 Å². The first-order chi connectivity index (χ1) is 15.8. The summed E-state index contributed by atoms with van der Waals surface area (Å²) in [5.41, 5.74) is 0.807. The summed E-state index contributed by atoms with van der Waals surface area (Å²) < 4.78 is 43.9. The van der Waals surface area contributed by atoms with Crippen LogP contribution in [-0.4, -0.2) is 37.2 Å².